The maximum Gasteiger partial charge on any atom is 0.237 e. The summed E-state index contributed by atoms with van der Waals surface area (Å²) in [6, 6.07) is 16.0. The van der Waals surface area contributed by atoms with Gasteiger partial charge in [-0.15, -0.1) is 10.2 Å². The SMILES string of the molecule is Cn1c(N(CC(N)=O)c2ccccc2)nnc1C1(c2ccc(F)cc2)CC1. The third-order valence-corrected chi connectivity index (χ3v) is 5.05. The van der Waals surface area contributed by atoms with Crippen LogP contribution in [0.4, 0.5) is 16.0 Å². The number of rotatable bonds is 6. The van der Waals surface area contributed by atoms with Crippen LogP contribution in [0.15, 0.2) is 54.6 Å². The van der Waals surface area contributed by atoms with Gasteiger partial charge in [-0.25, -0.2) is 4.39 Å². The Morgan fingerprint density at radius 1 is 1.15 bits per heavy atom. The van der Waals surface area contributed by atoms with Gasteiger partial charge in [0, 0.05) is 12.7 Å². The lowest BCUT2D eigenvalue weighted by Gasteiger charge is -2.23. The fourth-order valence-electron chi connectivity index (χ4n) is 3.55. The summed E-state index contributed by atoms with van der Waals surface area (Å²) in [7, 11) is 1.88. The van der Waals surface area contributed by atoms with Crippen molar-refractivity contribution in [3.63, 3.8) is 0 Å². The number of amides is 1. The number of para-hydroxylation sites is 1. The lowest BCUT2D eigenvalue weighted by atomic mass is 9.95. The molecule has 2 aromatic carbocycles. The molecule has 7 heteroatoms. The molecule has 2 N–H and O–H groups in total. The largest absolute Gasteiger partial charge is 0.368 e. The van der Waals surface area contributed by atoms with Crippen molar-refractivity contribution in [2.45, 2.75) is 18.3 Å². The highest BCUT2D eigenvalue weighted by molar-refractivity contribution is 5.81. The fraction of sp³-hybridized carbons (Fsp3) is 0.250. The van der Waals surface area contributed by atoms with Crippen LogP contribution in [0.3, 0.4) is 0 Å². The molecular formula is C20H20FN5O. The molecule has 0 atom stereocenters. The minimum Gasteiger partial charge on any atom is -0.368 e. The molecule has 0 bridgehead atoms. The Morgan fingerprint density at radius 2 is 1.81 bits per heavy atom. The number of aromatic nitrogens is 3. The lowest BCUT2D eigenvalue weighted by molar-refractivity contribution is -0.116. The Morgan fingerprint density at radius 3 is 2.41 bits per heavy atom. The Balaban J connectivity index is 1.75. The third-order valence-electron chi connectivity index (χ3n) is 5.05. The van der Waals surface area contributed by atoms with Gasteiger partial charge in [0.2, 0.25) is 11.9 Å². The highest BCUT2D eigenvalue weighted by atomic mass is 19.1. The molecule has 0 radical (unpaired) electrons. The summed E-state index contributed by atoms with van der Waals surface area (Å²) in [6.45, 7) is -0.000461. The van der Waals surface area contributed by atoms with E-state index in [2.05, 4.69) is 10.2 Å². The lowest BCUT2D eigenvalue weighted by Crippen LogP contribution is -2.32. The predicted molar refractivity (Wildman–Crippen MR) is 100 cm³/mol. The predicted octanol–water partition coefficient (Wildman–Crippen LogP) is 2.66. The third kappa shape index (κ3) is 3.05. The summed E-state index contributed by atoms with van der Waals surface area (Å²) < 4.78 is 15.2. The van der Waals surface area contributed by atoms with Crippen molar-refractivity contribution in [3.05, 3.63) is 71.8 Å². The van der Waals surface area contributed by atoms with Crippen molar-refractivity contribution in [2.24, 2.45) is 12.8 Å². The zero-order valence-electron chi connectivity index (χ0n) is 15.0. The highest BCUT2D eigenvalue weighted by Crippen LogP contribution is 2.53. The van der Waals surface area contributed by atoms with E-state index >= 15 is 0 Å². The first-order chi connectivity index (χ1) is 13.0. The topological polar surface area (TPSA) is 77.0 Å². The van der Waals surface area contributed by atoms with Crippen molar-refractivity contribution in [1.29, 1.82) is 0 Å². The zero-order chi connectivity index (χ0) is 19.0. The van der Waals surface area contributed by atoms with Gasteiger partial charge in [-0.1, -0.05) is 30.3 Å². The van der Waals surface area contributed by atoms with E-state index in [1.54, 1.807) is 17.0 Å². The summed E-state index contributed by atoms with van der Waals surface area (Å²) >= 11 is 0. The smallest absolute Gasteiger partial charge is 0.237 e. The van der Waals surface area contributed by atoms with E-state index in [1.807, 2.05) is 41.9 Å². The number of primary amides is 1. The Kier molecular flexibility index (Phi) is 4.14. The number of anilines is 2. The molecule has 0 saturated heterocycles. The summed E-state index contributed by atoms with van der Waals surface area (Å²) in [6.07, 6.45) is 1.84. The molecule has 1 aliphatic carbocycles. The number of carbonyl (C=O) groups is 1. The number of carbonyl (C=O) groups excluding carboxylic acids is 1. The number of nitrogens with two attached hydrogens (primary N) is 1. The van der Waals surface area contributed by atoms with E-state index in [0.29, 0.717) is 5.95 Å². The van der Waals surface area contributed by atoms with Gasteiger partial charge in [-0.05, 0) is 42.7 Å². The number of benzene rings is 2. The molecule has 0 unspecified atom stereocenters. The van der Waals surface area contributed by atoms with Crippen molar-refractivity contribution in [3.8, 4) is 0 Å². The molecule has 1 amide bonds. The quantitative estimate of drug-likeness (QED) is 0.729. The van der Waals surface area contributed by atoms with Crippen LogP contribution < -0.4 is 10.6 Å². The van der Waals surface area contributed by atoms with Gasteiger partial charge >= 0.3 is 0 Å². The van der Waals surface area contributed by atoms with E-state index in [1.165, 1.54) is 12.1 Å². The van der Waals surface area contributed by atoms with Crippen LogP contribution >= 0.6 is 0 Å². The van der Waals surface area contributed by atoms with Gasteiger partial charge in [0.1, 0.15) is 18.2 Å². The molecular weight excluding hydrogens is 345 g/mol. The van der Waals surface area contributed by atoms with Gasteiger partial charge in [-0.2, -0.15) is 0 Å². The molecule has 6 nitrogen and oxygen atoms in total. The van der Waals surface area contributed by atoms with Crippen molar-refractivity contribution >= 4 is 17.5 Å². The maximum absolute atomic E-state index is 13.3. The minimum absolute atomic E-state index is 0.000461. The summed E-state index contributed by atoms with van der Waals surface area (Å²) in [5, 5.41) is 8.78. The normalized spacial score (nSPS) is 14.7. The zero-order valence-corrected chi connectivity index (χ0v) is 15.0. The fourth-order valence-corrected chi connectivity index (χ4v) is 3.55. The molecule has 1 saturated carbocycles. The Labute approximate surface area is 156 Å². The number of nitrogens with zero attached hydrogens (tertiary/aromatic N) is 4. The first-order valence-electron chi connectivity index (χ1n) is 8.78. The molecule has 1 fully saturated rings. The van der Waals surface area contributed by atoms with Crippen LogP contribution in [0.1, 0.15) is 24.2 Å². The first kappa shape index (κ1) is 17.2. The van der Waals surface area contributed by atoms with Gasteiger partial charge in [0.25, 0.3) is 0 Å². The van der Waals surface area contributed by atoms with Crippen LogP contribution in [-0.4, -0.2) is 27.2 Å². The molecule has 0 aliphatic heterocycles. The Hall–Kier alpha value is -3.22. The van der Waals surface area contributed by atoms with Crippen LogP contribution in [-0.2, 0) is 17.3 Å². The molecule has 1 aliphatic rings. The standard InChI is InChI=1S/C20H20FN5O/c1-25-18(20(11-12-20)14-7-9-15(21)10-8-14)23-24-19(25)26(13-17(22)27)16-5-3-2-4-6-16/h2-10H,11-13H2,1H3,(H2,22,27). The van der Waals surface area contributed by atoms with Gasteiger partial charge in [0.05, 0.1) is 5.41 Å². The van der Waals surface area contributed by atoms with E-state index in [9.17, 15) is 9.18 Å². The summed E-state index contributed by atoms with van der Waals surface area (Å²) in [5.74, 6) is 0.630. The summed E-state index contributed by atoms with van der Waals surface area (Å²) in [5.41, 5.74) is 7.02. The molecule has 138 valence electrons. The van der Waals surface area contributed by atoms with Gasteiger partial charge in [0.15, 0.2) is 0 Å². The molecule has 0 spiro atoms. The van der Waals surface area contributed by atoms with E-state index in [0.717, 1.165) is 29.9 Å². The maximum atomic E-state index is 13.3. The monoisotopic (exact) mass is 365 g/mol. The molecule has 1 aromatic heterocycles. The van der Waals surface area contributed by atoms with E-state index in [-0.39, 0.29) is 17.8 Å². The van der Waals surface area contributed by atoms with Crippen LogP contribution in [0.2, 0.25) is 0 Å². The Bertz CT molecular complexity index is 964. The molecule has 27 heavy (non-hydrogen) atoms. The number of hydrogen-bond donors (Lipinski definition) is 1. The second-order valence-electron chi connectivity index (χ2n) is 6.86. The van der Waals surface area contributed by atoms with E-state index in [4.69, 9.17) is 5.73 Å². The number of halogens is 1. The molecule has 4 rings (SSSR count). The van der Waals surface area contributed by atoms with Crippen LogP contribution in [0.25, 0.3) is 0 Å². The van der Waals surface area contributed by atoms with Crippen molar-refractivity contribution in [2.75, 3.05) is 11.4 Å². The average molecular weight is 365 g/mol. The van der Waals surface area contributed by atoms with Gasteiger partial charge < -0.3 is 10.6 Å². The number of hydrogen-bond acceptors (Lipinski definition) is 4. The molecule has 1 heterocycles. The average Bonchev–Trinajstić information content (AvgIpc) is 3.38. The second-order valence-corrected chi connectivity index (χ2v) is 6.86. The van der Waals surface area contributed by atoms with E-state index < -0.39 is 5.91 Å². The first-order valence-corrected chi connectivity index (χ1v) is 8.78. The molecule has 3 aromatic rings. The van der Waals surface area contributed by atoms with Crippen LogP contribution in [0.5, 0.6) is 0 Å². The van der Waals surface area contributed by atoms with Crippen molar-refractivity contribution in [1.82, 2.24) is 14.8 Å². The second kappa shape index (κ2) is 6.50. The summed E-state index contributed by atoms with van der Waals surface area (Å²) in [4.78, 5) is 13.4. The minimum atomic E-state index is -0.455. The highest BCUT2D eigenvalue weighted by Gasteiger charge is 2.50. The van der Waals surface area contributed by atoms with Crippen molar-refractivity contribution < 1.29 is 9.18 Å². The van der Waals surface area contributed by atoms with Crippen LogP contribution in [0, 0.1) is 5.82 Å². The van der Waals surface area contributed by atoms with Gasteiger partial charge in [-0.3, -0.25) is 9.36 Å².